The minimum absolute atomic E-state index is 0.343. The molecule has 0 saturated carbocycles. The summed E-state index contributed by atoms with van der Waals surface area (Å²) in [7, 11) is 0. The zero-order valence-electron chi connectivity index (χ0n) is 13.6. The van der Waals surface area contributed by atoms with Crippen molar-refractivity contribution in [2.45, 2.75) is 0 Å². The molecule has 0 bridgehead atoms. The number of nitrogens with one attached hydrogen (secondary N) is 2. The van der Waals surface area contributed by atoms with Crippen LogP contribution in [0.4, 0.5) is 20.2 Å². The van der Waals surface area contributed by atoms with Gasteiger partial charge in [-0.15, -0.1) is 0 Å². The fourth-order valence-electron chi connectivity index (χ4n) is 2.67. The minimum atomic E-state index is -0.629. The third-order valence-corrected chi connectivity index (χ3v) is 3.84. The first kappa shape index (κ1) is 16.0. The van der Waals surface area contributed by atoms with Gasteiger partial charge < -0.3 is 5.32 Å². The van der Waals surface area contributed by atoms with Gasteiger partial charge in [-0.1, -0.05) is 6.07 Å². The topological polar surface area (TPSA) is 53.6 Å². The molecule has 2 N–H and O–H groups in total. The summed E-state index contributed by atoms with van der Waals surface area (Å²) in [5.74, 6) is -1.26. The average Bonchev–Trinajstić information content (AvgIpc) is 3.02. The van der Waals surface area contributed by atoms with Gasteiger partial charge in [0.1, 0.15) is 11.6 Å². The molecule has 0 aliphatic rings. The second-order valence-corrected chi connectivity index (χ2v) is 5.74. The van der Waals surface area contributed by atoms with E-state index in [1.807, 2.05) is 48.6 Å². The van der Waals surface area contributed by atoms with Crippen LogP contribution in [0.25, 0.3) is 23.1 Å². The lowest BCUT2D eigenvalue weighted by Gasteiger charge is -2.07. The molecule has 4 nitrogen and oxygen atoms in total. The summed E-state index contributed by atoms with van der Waals surface area (Å²) >= 11 is 0. The van der Waals surface area contributed by atoms with E-state index in [1.165, 1.54) is 12.1 Å². The van der Waals surface area contributed by atoms with E-state index in [0.29, 0.717) is 11.4 Å². The lowest BCUT2D eigenvalue weighted by molar-refractivity contribution is 0.584. The Morgan fingerprint density at radius 1 is 0.885 bits per heavy atom. The molecule has 2 heterocycles. The first-order valence-corrected chi connectivity index (χ1v) is 7.98. The zero-order chi connectivity index (χ0) is 17.9. The van der Waals surface area contributed by atoms with Crippen molar-refractivity contribution < 1.29 is 8.78 Å². The first-order valence-electron chi connectivity index (χ1n) is 7.98. The number of pyridine rings is 1. The minimum Gasteiger partial charge on any atom is -0.355 e. The van der Waals surface area contributed by atoms with Crippen molar-refractivity contribution in [2.24, 2.45) is 0 Å². The molecule has 0 radical (unpaired) electrons. The van der Waals surface area contributed by atoms with Crippen LogP contribution in [-0.2, 0) is 0 Å². The van der Waals surface area contributed by atoms with Crippen molar-refractivity contribution in [1.29, 1.82) is 0 Å². The van der Waals surface area contributed by atoms with E-state index in [2.05, 4.69) is 20.5 Å². The van der Waals surface area contributed by atoms with Gasteiger partial charge in [0.05, 0.1) is 16.9 Å². The molecule has 0 fully saturated rings. The largest absolute Gasteiger partial charge is 0.355 e. The van der Waals surface area contributed by atoms with Gasteiger partial charge in [0.15, 0.2) is 0 Å². The fourth-order valence-corrected chi connectivity index (χ4v) is 2.67. The van der Waals surface area contributed by atoms with Crippen LogP contribution < -0.4 is 5.32 Å². The van der Waals surface area contributed by atoms with Crippen LogP contribution in [0, 0.1) is 11.6 Å². The molecule has 0 spiro atoms. The van der Waals surface area contributed by atoms with Crippen molar-refractivity contribution >= 4 is 34.4 Å². The van der Waals surface area contributed by atoms with Gasteiger partial charge in [-0.05, 0) is 54.6 Å². The quantitative estimate of drug-likeness (QED) is 0.536. The van der Waals surface area contributed by atoms with Crippen LogP contribution in [0.2, 0.25) is 0 Å². The van der Waals surface area contributed by atoms with Gasteiger partial charge in [0, 0.05) is 29.0 Å². The smallest absolute Gasteiger partial charge is 0.128 e. The third kappa shape index (κ3) is 3.44. The highest BCUT2D eigenvalue weighted by atomic mass is 19.1. The fraction of sp³-hybridized carbons (Fsp3) is 0. The van der Waals surface area contributed by atoms with Gasteiger partial charge in [-0.3, -0.25) is 10.1 Å². The lowest BCUT2D eigenvalue weighted by atomic mass is 10.1. The van der Waals surface area contributed by atoms with Crippen LogP contribution in [0.5, 0.6) is 0 Å². The van der Waals surface area contributed by atoms with Crippen LogP contribution >= 0.6 is 0 Å². The Morgan fingerprint density at radius 3 is 2.50 bits per heavy atom. The number of rotatable bonds is 4. The molecular weight excluding hydrogens is 334 g/mol. The van der Waals surface area contributed by atoms with Gasteiger partial charge in [0.25, 0.3) is 0 Å². The van der Waals surface area contributed by atoms with E-state index in [4.69, 9.17) is 0 Å². The highest BCUT2D eigenvalue weighted by molar-refractivity contribution is 5.91. The van der Waals surface area contributed by atoms with Crippen molar-refractivity contribution in [3.63, 3.8) is 0 Å². The number of aromatic nitrogens is 3. The van der Waals surface area contributed by atoms with Crippen molar-refractivity contribution in [2.75, 3.05) is 5.32 Å². The van der Waals surface area contributed by atoms with Crippen molar-refractivity contribution in [3.8, 4) is 0 Å². The van der Waals surface area contributed by atoms with Gasteiger partial charge in [-0.2, -0.15) is 5.10 Å². The average molecular weight is 348 g/mol. The van der Waals surface area contributed by atoms with Crippen molar-refractivity contribution in [3.05, 3.63) is 83.8 Å². The summed E-state index contributed by atoms with van der Waals surface area (Å²) in [4.78, 5) is 4.24. The zero-order valence-corrected chi connectivity index (χ0v) is 13.6. The summed E-state index contributed by atoms with van der Waals surface area (Å²) in [6.07, 6.45) is 5.47. The molecule has 0 unspecified atom stereocenters. The number of hydrogen-bond donors (Lipinski definition) is 2. The van der Waals surface area contributed by atoms with Crippen molar-refractivity contribution in [1.82, 2.24) is 15.2 Å². The highest BCUT2D eigenvalue weighted by Crippen LogP contribution is 2.25. The number of halogens is 2. The van der Waals surface area contributed by atoms with Crippen LogP contribution in [0.15, 0.2) is 60.8 Å². The predicted molar refractivity (Wildman–Crippen MR) is 98.9 cm³/mol. The molecule has 2 aromatic carbocycles. The van der Waals surface area contributed by atoms with Gasteiger partial charge in [0.2, 0.25) is 0 Å². The molecule has 0 atom stereocenters. The molecule has 0 amide bonds. The van der Waals surface area contributed by atoms with E-state index < -0.39 is 11.6 Å². The number of anilines is 2. The second-order valence-electron chi connectivity index (χ2n) is 5.74. The van der Waals surface area contributed by atoms with Crippen LogP contribution in [0.1, 0.15) is 11.4 Å². The summed E-state index contributed by atoms with van der Waals surface area (Å²) in [6.45, 7) is 0. The maximum Gasteiger partial charge on any atom is 0.128 e. The summed E-state index contributed by atoms with van der Waals surface area (Å²) in [6, 6.07) is 14.5. The Balaban J connectivity index is 1.65. The molecule has 4 rings (SSSR count). The normalized spacial score (nSPS) is 11.3. The lowest BCUT2D eigenvalue weighted by Crippen LogP contribution is -1.92. The molecule has 0 aliphatic carbocycles. The standard InChI is InChI=1S/C20H14F2N4/c21-13-9-14(22)11-17(10-13)24-16-5-7-20-18(12-16)19(25-26-20)6-4-15-3-1-2-8-23-15/h1-12,24H,(H,25,26)/b6-4+. The van der Waals surface area contributed by atoms with Gasteiger partial charge in [-0.25, -0.2) is 8.78 Å². The number of fused-ring (bicyclic) bond motifs is 1. The summed E-state index contributed by atoms with van der Waals surface area (Å²) < 4.78 is 26.7. The van der Waals surface area contributed by atoms with Crippen LogP contribution in [0.3, 0.4) is 0 Å². The number of H-pyrrole nitrogens is 1. The Bertz CT molecular complexity index is 1070. The Morgan fingerprint density at radius 2 is 1.73 bits per heavy atom. The maximum atomic E-state index is 13.3. The Kier molecular flexibility index (Phi) is 4.15. The summed E-state index contributed by atoms with van der Waals surface area (Å²) in [5, 5.41) is 11.2. The number of nitrogens with zero attached hydrogens (tertiary/aromatic N) is 2. The van der Waals surface area contributed by atoms with Crippen LogP contribution in [-0.4, -0.2) is 15.2 Å². The predicted octanol–water partition coefficient (Wildman–Crippen LogP) is 5.15. The molecule has 0 aliphatic heterocycles. The number of hydrogen-bond acceptors (Lipinski definition) is 3. The Labute approximate surface area is 148 Å². The second kappa shape index (κ2) is 6.76. The van der Waals surface area contributed by atoms with E-state index in [0.717, 1.165) is 28.4 Å². The van der Waals surface area contributed by atoms with E-state index in [9.17, 15) is 8.78 Å². The van der Waals surface area contributed by atoms with E-state index in [1.54, 1.807) is 6.20 Å². The van der Waals surface area contributed by atoms with E-state index in [-0.39, 0.29) is 0 Å². The SMILES string of the molecule is Fc1cc(F)cc(Nc2ccc3[nH]nc(/C=C/c4ccccn4)c3c2)c1. The molecule has 0 saturated heterocycles. The maximum absolute atomic E-state index is 13.3. The molecular formula is C20H14F2N4. The highest BCUT2D eigenvalue weighted by Gasteiger charge is 2.06. The van der Waals surface area contributed by atoms with Gasteiger partial charge >= 0.3 is 0 Å². The molecule has 4 aromatic rings. The number of benzene rings is 2. The number of aromatic amines is 1. The van der Waals surface area contributed by atoms with E-state index >= 15 is 0 Å². The first-order chi connectivity index (χ1) is 12.7. The monoisotopic (exact) mass is 348 g/mol. The Hall–Kier alpha value is -3.54. The molecule has 2 aromatic heterocycles. The third-order valence-electron chi connectivity index (χ3n) is 3.84. The summed E-state index contributed by atoms with van der Waals surface area (Å²) in [5.41, 5.74) is 3.49. The molecule has 26 heavy (non-hydrogen) atoms. The molecule has 128 valence electrons. The molecule has 6 heteroatoms.